The first-order valence-corrected chi connectivity index (χ1v) is 8.54. The molecular weight excluding hydrogens is 322 g/mol. The fourth-order valence-corrected chi connectivity index (χ4v) is 3.02. The number of amides is 1. The number of carbonyl (C=O) groups is 1. The van der Waals surface area contributed by atoms with Crippen molar-refractivity contribution < 1.29 is 4.79 Å². The molecule has 1 amide bonds. The molecule has 0 unspecified atom stereocenters. The highest BCUT2D eigenvalue weighted by Gasteiger charge is 2.09. The first kappa shape index (κ1) is 16.1. The summed E-state index contributed by atoms with van der Waals surface area (Å²) in [6, 6.07) is 13.0. The normalized spacial score (nSPS) is 10.5. The predicted octanol–water partition coefficient (Wildman–Crippen LogP) is 3.17. The van der Waals surface area contributed by atoms with Gasteiger partial charge in [-0.3, -0.25) is 9.59 Å². The van der Waals surface area contributed by atoms with Crippen LogP contribution < -0.4 is 10.9 Å². The van der Waals surface area contributed by atoms with Crippen LogP contribution in [0.25, 0.3) is 11.3 Å². The second-order valence-electron chi connectivity index (χ2n) is 5.30. The summed E-state index contributed by atoms with van der Waals surface area (Å²) in [5, 5.41) is 5.17. The number of rotatable bonds is 5. The molecule has 2 aromatic heterocycles. The fourth-order valence-electron chi connectivity index (χ4n) is 2.28. The summed E-state index contributed by atoms with van der Waals surface area (Å²) < 4.78 is 1.35. The van der Waals surface area contributed by atoms with Crippen molar-refractivity contribution in [3.63, 3.8) is 0 Å². The molecule has 2 heterocycles. The Hall–Kier alpha value is -2.73. The van der Waals surface area contributed by atoms with Gasteiger partial charge in [-0.2, -0.15) is 0 Å². The van der Waals surface area contributed by atoms with Crippen LogP contribution in [0.5, 0.6) is 0 Å². The number of nitrogens with one attached hydrogen (secondary N) is 1. The lowest BCUT2D eigenvalue weighted by atomic mass is 10.1. The maximum Gasteiger partial charge on any atom is 0.250 e. The Balaban J connectivity index is 1.68. The molecule has 0 aliphatic carbocycles. The van der Waals surface area contributed by atoms with Crippen LogP contribution in [-0.4, -0.2) is 15.5 Å². The Bertz CT molecular complexity index is 897. The molecule has 0 saturated carbocycles. The van der Waals surface area contributed by atoms with Crippen molar-refractivity contribution in [3.8, 4) is 11.3 Å². The summed E-state index contributed by atoms with van der Waals surface area (Å²) >= 11 is 1.37. The van der Waals surface area contributed by atoms with Gasteiger partial charge in [0.05, 0.1) is 5.69 Å². The number of anilines is 1. The SMILES string of the molecule is CCc1ccc(-c2csc(NC(=O)Cn3ccccc3=O)n2)cc1. The van der Waals surface area contributed by atoms with Crippen molar-refractivity contribution in [2.75, 3.05) is 5.32 Å². The summed E-state index contributed by atoms with van der Waals surface area (Å²) in [6.07, 6.45) is 2.59. The first-order chi connectivity index (χ1) is 11.7. The third-order valence-electron chi connectivity index (χ3n) is 3.62. The number of pyridine rings is 1. The minimum Gasteiger partial charge on any atom is -0.306 e. The maximum absolute atomic E-state index is 12.1. The molecule has 0 bridgehead atoms. The molecule has 24 heavy (non-hydrogen) atoms. The van der Waals surface area contributed by atoms with Gasteiger partial charge in [-0.1, -0.05) is 37.3 Å². The molecule has 0 aliphatic rings. The van der Waals surface area contributed by atoms with E-state index in [2.05, 4.69) is 29.4 Å². The van der Waals surface area contributed by atoms with Gasteiger partial charge in [0.25, 0.3) is 5.56 Å². The van der Waals surface area contributed by atoms with E-state index in [0.717, 1.165) is 17.7 Å². The number of carbonyl (C=O) groups excluding carboxylic acids is 1. The topological polar surface area (TPSA) is 64.0 Å². The van der Waals surface area contributed by atoms with Gasteiger partial charge >= 0.3 is 0 Å². The lowest BCUT2D eigenvalue weighted by molar-refractivity contribution is -0.116. The highest BCUT2D eigenvalue weighted by Crippen LogP contribution is 2.25. The second-order valence-corrected chi connectivity index (χ2v) is 6.16. The van der Waals surface area contributed by atoms with Gasteiger partial charge in [-0.25, -0.2) is 4.98 Å². The molecule has 0 saturated heterocycles. The third-order valence-corrected chi connectivity index (χ3v) is 4.38. The molecule has 6 heteroatoms. The molecule has 1 aromatic carbocycles. The van der Waals surface area contributed by atoms with Gasteiger partial charge in [0, 0.05) is 23.2 Å². The van der Waals surface area contributed by atoms with E-state index in [1.165, 1.54) is 27.5 Å². The largest absolute Gasteiger partial charge is 0.306 e. The standard InChI is InChI=1S/C18H17N3O2S/c1-2-13-6-8-14(9-7-13)15-12-24-18(19-15)20-16(22)11-21-10-4-3-5-17(21)23/h3-10,12H,2,11H2,1H3,(H,19,20,22). The molecule has 122 valence electrons. The molecule has 3 rings (SSSR count). The summed E-state index contributed by atoms with van der Waals surface area (Å²) in [5.74, 6) is -0.273. The molecule has 3 aromatic rings. The average Bonchev–Trinajstić information content (AvgIpc) is 3.05. The monoisotopic (exact) mass is 339 g/mol. The zero-order chi connectivity index (χ0) is 16.9. The molecule has 5 nitrogen and oxygen atoms in total. The molecular formula is C18H17N3O2S. The lowest BCUT2D eigenvalue weighted by Crippen LogP contribution is -2.26. The second kappa shape index (κ2) is 7.23. The number of hydrogen-bond donors (Lipinski definition) is 1. The van der Waals surface area contributed by atoms with Crippen LogP contribution >= 0.6 is 11.3 Å². The fraction of sp³-hybridized carbons (Fsp3) is 0.167. The van der Waals surface area contributed by atoms with E-state index in [-0.39, 0.29) is 18.0 Å². The predicted molar refractivity (Wildman–Crippen MR) is 96.3 cm³/mol. The summed E-state index contributed by atoms with van der Waals surface area (Å²) in [7, 11) is 0. The molecule has 0 spiro atoms. The quantitative estimate of drug-likeness (QED) is 0.776. The summed E-state index contributed by atoms with van der Waals surface area (Å²) in [4.78, 5) is 28.1. The van der Waals surface area contributed by atoms with Gasteiger partial charge in [-0.05, 0) is 18.1 Å². The van der Waals surface area contributed by atoms with Gasteiger partial charge in [0.2, 0.25) is 5.91 Å². The van der Waals surface area contributed by atoms with E-state index in [0.29, 0.717) is 5.13 Å². The van der Waals surface area contributed by atoms with Crippen LogP contribution in [0.4, 0.5) is 5.13 Å². The number of hydrogen-bond acceptors (Lipinski definition) is 4. The van der Waals surface area contributed by atoms with Crippen LogP contribution in [-0.2, 0) is 17.8 Å². The molecule has 0 fully saturated rings. The minimum atomic E-state index is -0.273. The number of benzene rings is 1. The summed E-state index contributed by atoms with van der Waals surface area (Å²) in [5.41, 5.74) is 2.91. The van der Waals surface area contributed by atoms with Gasteiger partial charge < -0.3 is 9.88 Å². The zero-order valence-corrected chi connectivity index (χ0v) is 14.0. The van der Waals surface area contributed by atoms with Crippen LogP contribution in [0, 0.1) is 0 Å². The highest BCUT2D eigenvalue weighted by atomic mass is 32.1. The molecule has 0 aliphatic heterocycles. The smallest absolute Gasteiger partial charge is 0.250 e. The van der Waals surface area contributed by atoms with Crippen molar-refractivity contribution in [2.45, 2.75) is 19.9 Å². The van der Waals surface area contributed by atoms with Crippen molar-refractivity contribution in [1.29, 1.82) is 0 Å². The van der Waals surface area contributed by atoms with E-state index in [1.807, 2.05) is 17.5 Å². The number of aryl methyl sites for hydroxylation is 1. The van der Waals surface area contributed by atoms with E-state index in [1.54, 1.807) is 18.3 Å². The first-order valence-electron chi connectivity index (χ1n) is 7.66. The van der Waals surface area contributed by atoms with Crippen LogP contribution in [0.2, 0.25) is 0 Å². The number of thiazole rings is 1. The van der Waals surface area contributed by atoms with Crippen LogP contribution in [0.1, 0.15) is 12.5 Å². The van der Waals surface area contributed by atoms with Gasteiger partial charge in [0.1, 0.15) is 6.54 Å². The molecule has 0 radical (unpaired) electrons. The van der Waals surface area contributed by atoms with Crippen molar-refractivity contribution in [3.05, 3.63) is 70.0 Å². The Kier molecular flexibility index (Phi) is 4.86. The molecule has 1 N–H and O–H groups in total. The average molecular weight is 339 g/mol. The Labute approximate surface area is 143 Å². The Morgan fingerprint density at radius 2 is 2.00 bits per heavy atom. The van der Waals surface area contributed by atoms with E-state index in [4.69, 9.17) is 0 Å². The maximum atomic E-state index is 12.1. The van der Waals surface area contributed by atoms with Crippen molar-refractivity contribution in [1.82, 2.24) is 9.55 Å². The van der Waals surface area contributed by atoms with Crippen molar-refractivity contribution >= 4 is 22.4 Å². The van der Waals surface area contributed by atoms with E-state index in [9.17, 15) is 9.59 Å². The third kappa shape index (κ3) is 3.78. The number of nitrogens with zero attached hydrogens (tertiary/aromatic N) is 2. The molecule has 0 atom stereocenters. The van der Waals surface area contributed by atoms with Crippen LogP contribution in [0.15, 0.2) is 58.8 Å². The van der Waals surface area contributed by atoms with E-state index >= 15 is 0 Å². The number of aromatic nitrogens is 2. The zero-order valence-electron chi connectivity index (χ0n) is 13.2. The van der Waals surface area contributed by atoms with Crippen molar-refractivity contribution in [2.24, 2.45) is 0 Å². The lowest BCUT2D eigenvalue weighted by Gasteiger charge is -2.04. The Morgan fingerprint density at radius 1 is 1.21 bits per heavy atom. The van der Waals surface area contributed by atoms with Gasteiger partial charge in [-0.15, -0.1) is 11.3 Å². The van der Waals surface area contributed by atoms with Gasteiger partial charge in [0.15, 0.2) is 5.13 Å². The summed E-state index contributed by atoms with van der Waals surface area (Å²) in [6.45, 7) is 2.09. The van der Waals surface area contributed by atoms with E-state index < -0.39 is 0 Å². The minimum absolute atomic E-state index is 0.0280. The van der Waals surface area contributed by atoms with Crippen LogP contribution in [0.3, 0.4) is 0 Å². The Morgan fingerprint density at radius 3 is 2.71 bits per heavy atom. The highest BCUT2D eigenvalue weighted by molar-refractivity contribution is 7.14.